The number of alkyl carbamates (subject to hydrolysis) is 1. The summed E-state index contributed by atoms with van der Waals surface area (Å²) in [5, 5.41) is 14.7. The largest absolute Gasteiger partial charge is 0.480 e. The van der Waals surface area contributed by atoms with E-state index in [2.05, 4.69) is 34.9 Å². The topological polar surface area (TPSA) is 105 Å². The second kappa shape index (κ2) is 12.5. The van der Waals surface area contributed by atoms with Crippen molar-refractivity contribution in [3.05, 3.63) is 59.7 Å². The number of nitrogens with one attached hydrogen (secondary N) is 2. The Morgan fingerprint density at radius 1 is 1.03 bits per heavy atom. The first-order valence-electron chi connectivity index (χ1n) is 11.6. The van der Waals surface area contributed by atoms with Gasteiger partial charge in [-0.05, 0) is 47.1 Å². The van der Waals surface area contributed by atoms with E-state index in [1.54, 1.807) is 0 Å². The smallest absolute Gasteiger partial charge is 0.407 e. The second-order valence-electron chi connectivity index (χ2n) is 8.37. The van der Waals surface area contributed by atoms with Crippen LogP contribution in [0, 0.1) is 5.92 Å². The van der Waals surface area contributed by atoms with Crippen LogP contribution in [0.4, 0.5) is 4.79 Å². The number of aliphatic carboxylic acids is 1. The molecule has 1 aliphatic carbocycles. The number of carboxylic acid groups (broad SMARTS) is 1. The lowest BCUT2D eigenvalue weighted by Gasteiger charge is -2.20. The van der Waals surface area contributed by atoms with Gasteiger partial charge < -0.3 is 20.5 Å². The zero-order valence-electron chi connectivity index (χ0n) is 19.6. The number of thioether (sulfide) groups is 1. The van der Waals surface area contributed by atoms with Crippen molar-refractivity contribution in [3.63, 3.8) is 0 Å². The first kappa shape index (κ1) is 25.6. The summed E-state index contributed by atoms with van der Waals surface area (Å²) in [4.78, 5) is 36.6. The lowest BCUT2D eigenvalue weighted by atomic mass is 9.98. The summed E-state index contributed by atoms with van der Waals surface area (Å²) in [7, 11) is 0. The number of carbonyl (C=O) groups is 3. The Hall–Kier alpha value is -3.00. The predicted molar refractivity (Wildman–Crippen MR) is 134 cm³/mol. The maximum Gasteiger partial charge on any atom is 0.407 e. The summed E-state index contributed by atoms with van der Waals surface area (Å²) in [6, 6.07) is 15.3. The van der Waals surface area contributed by atoms with Gasteiger partial charge in [0.2, 0.25) is 5.91 Å². The summed E-state index contributed by atoms with van der Waals surface area (Å²) in [5.41, 5.74) is 4.57. The zero-order chi connectivity index (χ0) is 24.5. The van der Waals surface area contributed by atoms with Gasteiger partial charge in [0.05, 0.1) is 5.92 Å². The third-order valence-corrected chi connectivity index (χ3v) is 6.71. The van der Waals surface area contributed by atoms with Crippen molar-refractivity contribution in [2.75, 3.05) is 25.2 Å². The molecular weight excluding hydrogens is 452 g/mol. The third-order valence-electron chi connectivity index (χ3n) is 6.07. The summed E-state index contributed by atoms with van der Waals surface area (Å²) >= 11 is 1.53. The third kappa shape index (κ3) is 6.32. The minimum Gasteiger partial charge on any atom is -0.480 e. The molecule has 0 fully saturated rings. The van der Waals surface area contributed by atoms with E-state index in [9.17, 15) is 19.5 Å². The monoisotopic (exact) mass is 484 g/mol. The fourth-order valence-electron chi connectivity index (χ4n) is 4.31. The standard InChI is InChI=1S/C26H32N2O5S/c1-3-8-17(24(29)28-23(25(30)31)13-14-34-2)15-27-26(32)33-16-22-20-11-6-4-9-18(20)19-10-5-7-12-21(19)22/h4-7,9-12,17,22-23H,3,8,13-16H2,1-2H3,(H,27,32)(H,28,29)(H,30,31)/t17?,23-/m1/s1. The Labute approximate surface area is 204 Å². The molecule has 182 valence electrons. The van der Waals surface area contributed by atoms with E-state index >= 15 is 0 Å². The summed E-state index contributed by atoms with van der Waals surface area (Å²) < 4.78 is 5.54. The maximum atomic E-state index is 12.7. The van der Waals surface area contributed by atoms with Crippen molar-refractivity contribution in [1.29, 1.82) is 0 Å². The van der Waals surface area contributed by atoms with Crippen molar-refractivity contribution in [3.8, 4) is 11.1 Å². The van der Waals surface area contributed by atoms with Crippen LogP contribution in [-0.2, 0) is 14.3 Å². The highest BCUT2D eigenvalue weighted by molar-refractivity contribution is 7.98. The molecule has 0 saturated heterocycles. The Morgan fingerprint density at radius 2 is 1.65 bits per heavy atom. The summed E-state index contributed by atoms with van der Waals surface area (Å²) in [5.74, 6) is -1.35. The van der Waals surface area contributed by atoms with Gasteiger partial charge in [0, 0.05) is 12.5 Å². The number of rotatable bonds is 12. The van der Waals surface area contributed by atoms with Crippen molar-refractivity contribution < 1.29 is 24.2 Å². The molecule has 8 heteroatoms. The highest BCUT2D eigenvalue weighted by Gasteiger charge is 2.29. The van der Waals surface area contributed by atoms with Crippen LogP contribution < -0.4 is 10.6 Å². The van der Waals surface area contributed by atoms with Crippen molar-refractivity contribution in [2.45, 2.75) is 38.1 Å². The highest BCUT2D eigenvalue weighted by atomic mass is 32.2. The fourth-order valence-corrected chi connectivity index (χ4v) is 4.78. The van der Waals surface area contributed by atoms with Gasteiger partial charge in [-0.25, -0.2) is 9.59 Å². The Balaban J connectivity index is 1.56. The van der Waals surface area contributed by atoms with Crippen LogP contribution in [0.25, 0.3) is 11.1 Å². The van der Waals surface area contributed by atoms with Crippen LogP contribution in [-0.4, -0.2) is 54.3 Å². The SMILES string of the molecule is CCCC(CNC(=O)OCC1c2ccccc2-c2ccccc21)C(=O)N[C@H](CCSC)C(=O)O. The molecule has 0 spiro atoms. The number of benzene rings is 2. The average molecular weight is 485 g/mol. The van der Waals surface area contributed by atoms with Gasteiger partial charge in [-0.1, -0.05) is 61.9 Å². The molecule has 2 aromatic rings. The molecule has 0 saturated carbocycles. The molecule has 34 heavy (non-hydrogen) atoms. The number of amides is 2. The minimum absolute atomic E-state index is 0.0411. The maximum absolute atomic E-state index is 12.7. The van der Waals surface area contributed by atoms with Crippen molar-refractivity contribution in [2.24, 2.45) is 5.92 Å². The van der Waals surface area contributed by atoms with Crippen LogP contribution in [0.2, 0.25) is 0 Å². The van der Waals surface area contributed by atoms with Gasteiger partial charge >= 0.3 is 12.1 Å². The van der Waals surface area contributed by atoms with Gasteiger partial charge in [0.25, 0.3) is 0 Å². The van der Waals surface area contributed by atoms with E-state index in [1.165, 1.54) is 11.8 Å². The van der Waals surface area contributed by atoms with Gasteiger partial charge in [-0.2, -0.15) is 11.8 Å². The Kier molecular flexibility index (Phi) is 9.39. The van der Waals surface area contributed by atoms with Crippen LogP contribution in [0.3, 0.4) is 0 Å². The Morgan fingerprint density at radius 3 is 2.21 bits per heavy atom. The number of hydrogen-bond donors (Lipinski definition) is 3. The lowest BCUT2D eigenvalue weighted by molar-refractivity contribution is -0.142. The minimum atomic E-state index is -1.05. The molecule has 1 aliphatic rings. The lowest BCUT2D eigenvalue weighted by Crippen LogP contribution is -2.46. The number of carboxylic acids is 1. The molecular formula is C26H32N2O5S. The summed E-state index contributed by atoms with van der Waals surface area (Å²) in [6.07, 6.45) is 2.91. The first-order chi connectivity index (χ1) is 16.5. The van der Waals surface area contributed by atoms with E-state index in [1.807, 2.05) is 37.4 Å². The van der Waals surface area contributed by atoms with Gasteiger partial charge in [0.15, 0.2) is 0 Å². The molecule has 0 bridgehead atoms. The van der Waals surface area contributed by atoms with E-state index in [-0.39, 0.29) is 25.0 Å². The summed E-state index contributed by atoms with van der Waals surface area (Å²) in [6.45, 7) is 2.22. The zero-order valence-corrected chi connectivity index (χ0v) is 20.4. The number of ether oxygens (including phenoxy) is 1. The predicted octanol–water partition coefficient (Wildman–Crippen LogP) is 4.26. The molecule has 0 radical (unpaired) electrons. The number of fused-ring (bicyclic) bond motifs is 3. The molecule has 0 aliphatic heterocycles. The number of carbonyl (C=O) groups excluding carboxylic acids is 2. The van der Waals surface area contributed by atoms with Crippen LogP contribution in [0.1, 0.15) is 43.2 Å². The number of hydrogen-bond acceptors (Lipinski definition) is 5. The van der Waals surface area contributed by atoms with Crippen LogP contribution in [0.5, 0.6) is 0 Å². The molecule has 2 atom stereocenters. The molecule has 3 N–H and O–H groups in total. The molecule has 2 amide bonds. The van der Waals surface area contributed by atoms with Crippen molar-refractivity contribution in [1.82, 2.24) is 10.6 Å². The molecule has 0 aromatic heterocycles. The second-order valence-corrected chi connectivity index (χ2v) is 9.36. The molecule has 7 nitrogen and oxygen atoms in total. The quantitative estimate of drug-likeness (QED) is 0.416. The van der Waals surface area contributed by atoms with Gasteiger partial charge in [-0.15, -0.1) is 0 Å². The molecule has 0 heterocycles. The van der Waals surface area contributed by atoms with Crippen LogP contribution in [0.15, 0.2) is 48.5 Å². The molecule has 2 aromatic carbocycles. The van der Waals surface area contributed by atoms with Crippen molar-refractivity contribution >= 4 is 29.7 Å². The van der Waals surface area contributed by atoms with Gasteiger partial charge in [0.1, 0.15) is 12.6 Å². The molecule has 1 unspecified atom stereocenters. The van der Waals surface area contributed by atoms with E-state index in [0.717, 1.165) is 28.7 Å². The van der Waals surface area contributed by atoms with Gasteiger partial charge in [-0.3, -0.25) is 4.79 Å². The Bertz CT molecular complexity index is 967. The fraction of sp³-hybridized carbons (Fsp3) is 0.423. The van der Waals surface area contributed by atoms with E-state index < -0.39 is 24.0 Å². The first-order valence-corrected chi connectivity index (χ1v) is 13.0. The van der Waals surface area contributed by atoms with E-state index in [0.29, 0.717) is 18.6 Å². The molecule has 3 rings (SSSR count). The van der Waals surface area contributed by atoms with Crippen LogP contribution >= 0.6 is 11.8 Å². The normalized spacial score (nSPS) is 13.9. The van der Waals surface area contributed by atoms with E-state index in [4.69, 9.17) is 4.74 Å². The average Bonchev–Trinajstić information content (AvgIpc) is 3.16. The highest BCUT2D eigenvalue weighted by Crippen LogP contribution is 2.44.